The van der Waals surface area contributed by atoms with E-state index in [-0.39, 0.29) is 23.6 Å². The molecular formula is C24H25NO4S. The number of carbonyl (C=O) groups excluding carboxylic acids is 2. The van der Waals surface area contributed by atoms with E-state index in [0.29, 0.717) is 30.7 Å². The highest BCUT2D eigenvalue weighted by Gasteiger charge is 2.45. The summed E-state index contributed by atoms with van der Waals surface area (Å²) in [5.74, 6) is -0.247. The number of ether oxygens (including phenoxy) is 2. The van der Waals surface area contributed by atoms with Crippen LogP contribution in [0.5, 0.6) is 5.75 Å². The largest absolute Gasteiger partial charge is 0.497 e. The summed E-state index contributed by atoms with van der Waals surface area (Å²) in [4.78, 5) is 31.9. The monoisotopic (exact) mass is 423 g/mol. The number of allylic oxidation sites excluding steroid dienone is 2. The van der Waals surface area contributed by atoms with Crippen molar-refractivity contribution in [1.29, 1.82) is 0 Å². The van der Waals surface area contributed by atoms with Crippen LogP contribution in [0.1, 0.15) is 49.0 Å². The normalized spacial score (nSPS) is 23.6. The fourth-order valence-electron chi connectivity index (χ4n) is 4.48. The van der Waals surface area contributed by atoms with Gasteiger partial charge in [-0.25, -0.2) is 0 Å². The molecular weight excluding hydrogens is 398 g/mol. The van der Waals surface area contributed by atoms with Gasteiger partial charge in [0.25, 0.3) is 0 Å². The van der Waals surface area contributed by atoms with Crippen LogP contribution in [0.2, 0.25) is 0 Å². The van der Waals surface area contributed by atoms with Gasteiger partial charge in [0.15, 0.2) is 5.78 Å². The Morgan fingerprint density at radius 3 is 2.60 bits per heavy atom. The van der Waals surface area contributed by atoms with Gasteiger partial charge in [0.2, 0.25) is 0 Å². The molecule has 1 aromatic heterocycles. The van der Waals surface area contributed by atoms with Crippen LogP contribution in [0.3, 0.4) is 0 Å². The highest BCUT2D eigenvalue weighted by molar-refractivity contribution is 7.10. The van der Waals surface area contributed by atoms with E-state index in [1.54, 1.807) is 25.4 Å². The van der Waals surface area contributed by atoms with Crippen molar-refractivity contribution >= 4 is 28.8 Å². The van der Waals surface area contributed by atoms with E-state index in [1.807, 2.05) is 48.7 Å². The van der Waals surface area contributed by atoms with Gasteiger partial charge in [0, 0.05) is 34.2 Å². The van der Waals surface area contributed by atoms with Crippen molar-refractivity contribution in [2.24, 2.45) is 10.9 Å². The zero-order valence-corrected chi connectivity index (χ0v) is 18.2. The number of rotatable bonds is 5. The minimum atomic E-state index is -0.552. The summed E-state index contributed by atoms with van der Waals surface area (Å²) in [7, 11) is 1.64. The first-order valence-electron chi connectivity index (χ1n) is 10.2. The number of hydrogen-bond acceptors (Lipinski definition) is 6. The fraction of sp³-hybridized carbons (Fsp3) is 0.375. The van der Waals surface area contributed by atoms with Gasteiger partial charge in [-0.2, -0.15) is 0 Å². The van der Waals surface area contributed by atoms with Gasteiger partial charge >= 0.3 is 5.97 Å². The molecule has 1 unspecified atom stereocenters. The second-order valence-electron chi connectivity index (χ2n) is 7.64. The molecule has 0 spiro atoms. The van der Waals surface area contributed by atoms with E-state index < -0.39 is 5.92 Å². The SMILES string of the molecule is CCOC(=O)C1C(C)=NC2=C(C(=O)C[C@H](c3ccc(OC)cc3)C2)[C@@H]1c1cccs1. The molecule has 6 heteroatoms. The molecule has 0 amide bonds. The van der Waals surface area contributed by atoms with E-state index in [1.165, 1.54) is 0 Å². The maximum Gasteiger partial charge on any atom is 0.315 e. The number of carbonyl (C=O) groups is 2. The predicted molar refractivity (Wildman–Crippen MR) is 117 cm³/mol. The van der Waals surface area contributed by atoms with Crippen molar-refractivity contribution in [3.05, 3.63) is 63.5 Å². The molecule has 1 aliphatic carbocycles. The Morgan fingerprint density at radius 1 is 1.20 bits per heavy atom. The first-order valence-corrected chi connectivity index (χ1v) is 11.1. The highest BCUT2D eigenvalue weighted by atomic mass is 32.1. The molecule has 30 heavy (non-hydrogen) atoms. The lowest BCUT2D eigenvalue weighted by Gasteiger charge is -2.35. The van der Waals surface area contributed by atoms with E-state index in [9.17, 15) is 9.59 Å². The number of esters is 1. The maximum atomic E-state index is 13.4. The van der Waals surface area contributed by atoms with E-state index in [4.69, 9.17) is 14.5 Å². The summed E-state index contributed by atoms with van der Waals surface area (Å²) in [6.45, 7) is 3.97. The second-order valence-corrected chi connectivity index (χ2v) is 8.62. The lowest BCUT2D eigenvalue weighted by Crippen LogP contribution is -2.37. The molecule has 0 radical (unpaired) electrons. The molecule has 0 N–H and O–H groups in total. The number of thiophene rings is 1. The Hall–Kier alpha value is -2.73. The van der Waals surface area contributed by atoms with Gasteiger partial charge in [-0.05, 0) is 55.3 Å². The Bertz CT molecular complexity index is 1000. The topological polar surface area (TPSA) is 65.0 Å². The molecule has 2 heterocycles. The third-order valence-electron chi connectivity index (χ3n) is 5.87. The van der Waals surface area contributed by atoms with Crippen LogP contribution in [0.25, 0.3) is 0 Å². The number of methoxy groups -OCH3 is 1. The smallest absolute Gasteiger partial charge is 0.315 e. The third kappa shape index (κ3) is 3.72. The van der Waals surface area contributed by atoms with E-state index in [0.717, 1.165) is 21.9 Å². The Kier molecular flexibility index (Phi) is 5.86. The van der Waals surface area contributed by atoms with Gasteiger partial charge in [-0.15, -0.1) is 11.3 Å². The van der Waals surface area contributed by atoms with Crippen molar-refractivity contribution < 1.29 is 19.1 Å². The second kappa shape index (κ2) is 8.56. The molecule has 1 aromatic carbocycles. The fourth-order valence-corrected chi connectivity index (χ4v) is 5.36. The summed E-state index contributed by atoms with van der Waals surface area (Å²) >= 11 is 1.57. The van der Waals surface area contributed by atoms with E-state index >= 15 is 0 Å². The molecule has 0 saturated carbocycles. The molecule has 3 atom stereocenters. The van der Waals surface area contributed by atoms with Crippen molar-refractivity contribution in [1.82, 2.24) is 0 Å². The van der Waals surface area contributed by atoms with Crippen LogP contribution >= 0.6 is 11.3 Å². The predicted octanol–water partition coefficient (Wildman–Crippen LogP) is 4.89. The number of ketones is 1. The van der Waals surface area contributed by atoms with Gasteiger partial charge in [0.1, 0.15) is 11.7 Å². The van der Waals surface area contributed by atoms with Crippen molar-refractivity contribution in [3.8, 4) is 5.75 Å². The van der Waals surface area contributed by atoms with Crippen LogP contribution < -0.4 is 4.74 Å². The minimum absolute atomic E-state index is 0.0704. The molecule has 156 valence electrons. The quantitative estimate of drug-likeness (QED) is 0.642. The molecule has 2 aliphatic rings. The Morgan fingerprint density at radius 2 is 1.97 bits per heavy atom. The van der Waals surface area contributed by atoms with E-state index in [2.05, 4.69) is 0 Å². The van der Waals surface area contributed by atoms with Crippen LogP contribution in [0.4, 0.5) is 0 Å². The Labute approximate surface area is 180 Å². The average Bonchev–Trinajstić information content (AvgIpc) is 3.27. The van der Waals surface area contributed by atoms with Crippen molar-refractivity contribution in [2.75, 3.05) is 13.7 Å². The Balaban J connectivity index is 1.73. The first-order chi connectivity index (χ1) is 14.5. The lowest BCUT2D eigenvalue weighted by atomic mass is 9.71. The molecule has 0 saturated heterocycles. The summed E-state index contributed by atoms with van der Waals surface area (Å²) in [6, 6.07) is 11.8. The number of benzene rings is 1. The maximum absolute atomic E-state index is 13.4. The molecule has 4 rings (SSSR count). The summed E-state index contributed by atoms with van der Waals surface area (Å²) in [5.41, 5.74) is 3.31. The number of Topliss-reactive ketones (excluding diaryl/α,β-unsaturated/α-hetero) is 1. The highest BCUT2D eigenvalue weighted by Crippen LogP contribution is 2.47. The summed E-state index contributed by atoms with van der Waals surface area (Å²) in [5, 5.41) is 1.98. The van der Waals surface area contributed by atoms with Crippen LogP contribution in [-0.2, 0) is 14.3 Å². The standard InChI is InChI=1S/C24H25NO4S/c1-4-29-24(27)21-14(2)25-18-12-16(15-7-9-17(28-3)10-8-15)13-19(26)22(18)23(21)20-6-5-11-30-20/h5-11,16,21,23H,4,12-13H2,1-3H3/t16-,21?,23-/m1/s1. The van der Waals surface area contributed by atoms with Crippen molar-refractivity contribution in [2.45, 2.75) is 38.5 Å². The van der Waals surface area contributed by atoms with Crippen LogP contribution in [0, 0.1) is 5.92 Å². The zero-order valence-electron chi connectivity index (χ0n) is 17.4. The third-order valence-corrected chi connectivity index (χ3v) is 6.82. The van der Waals surface area contributed by atoms with Crippen molar-refractivity contribution in [3.63, 3.8) is 0 Å². The van der Waals surface area contributed by atoms with Gasteiger partial charge in [0.05, 0.1) is 13.7 Å². The van der Waals surface area contributed by atoms with Crippen LogP contribution in [-0.4, -0.2) is 31.2 Å². The molecule has 0 bridgehead atoms. The summed E-state index contributed by atoms with van der Waals surface area (Å²) in [6.07, 6.45) is 1.10. The lowest BCUT2D eigenvalue weighted by molar-refractivity contribution is -0.146. The first kappa shape index (κ1) is 20.5. The van der Waals surface area contributed by atoms with Gasteiger partial charge in [-0.1, -0.05) is 18.2 Å². The molecule has 2 aromatic rings. The number of aliphatic imine (C=N–C) groups is 1. The number of hydrogen-bond donors (Lipinski definition) is 0. The summed E-state index contributed by atoms with van der Waals surface area (Å²) < 4.78 is 10.6. The minimum Gasteiger partial charge on any atom is -0.497 e. The van der Waals surface area contributed by atoms with Gasteiger partial charge in [-0.3, -0.25) is 14.6 Å². The van der Waals surface area contributed by atoms with Gasteiger partial charge < -0.3 is 9.47 Å². The number of nitrogens with zero attached hydrogens (tertiary/aromatic N) is 1. The molecule has 1 aliphatic heterocycles. The molecule has 5 nitrogen and oxygen atoms in total. The molecule has 0 fully saturated rings. The zero-order chi connectivity index (χ0) is 21.3. The average molecular weight is 424 g/mol. The van der Waals surface area contributed by atoms with Crippen LogP contribution in [0.15, 0.2) is 58.0 Å².